The molecule has 1 atom stereocenters. The van der Waals surface area contributed by atoms with Crippen molar-refractivity contribution < 1.29 is 22.8 Å². The third-order valence-electron chi connectivity index (χ3n) is 4.36. The predicted molar refractivity (Wildman–Crippen MR) is 92.5 cm³/mol. The fraction of sp³-hybridized carbons (Fsp3) is 0.556. The Kier molecular flexibility index (Phi) is 6.50. The summed E-state index contributed by atoms with van der Waals surface area (Å²) in [6.07, 6.45) is -3.85. The van der Waals surface area contributed by atoms with Gasteiger partial charge in [-0.05, 0) is 30.5 Å². The van der Waals surface area contributed by atoms with Gasteiger partial charge in [0.2, 0.25) is 5.91 Å². The van der Waals surface area contributed by atoms with Crippen molar-refractivity contribution in [2.24, 2.45) is 11.8 Å². The Labute approximate surface area is 150 Å². The van der Waals surface area contributed by atoms with Crippen molar-refractivity contribution in [3.8, 4) is 0 Å². The zero-order valence-electron chi connectivity index (χ0n) is 14.9. The molecule has 1 aromatic carbocycles. The Morgan fingerprint density at radius 3 is 2.46 bits per heavy atom. The molecule has 5 nitrogen and oxygen atoms in total. The molecular formula is C18H24F3N3O2. The second kappa shape index (κ2) is 8.42. The van der Waals surface area contributed by atoms with Crippen LogP contribution in [-0.4, -0.2) is 36.1 Å². The van der Waals surface area contributed by atoms with Gasteiger partial charge in [0.25, 0.3) is 0 Å². The van der Waals surface area contributed by atoms with Gasteiger partial charge < -0.3 is 15.5 Å². The van der Waals surface area contributed by atoms with E-state index in [2.05, 4.69) is 10.6 Å². The topological polar surface area (TPSA) is 61.4 Å². The smallest absolute Gasteiger partial charge is 0.334 e. The molecule has 8 heteroatoms. The van der Waals surface area contributed by atoms with Crippen LogP contribution < -0.4 is 10.6 Å². The van der Waals surface area contributed by atoms with E-state index in [-0.39, 0.29) is 31.3 Å². The quantitative estimate of drug-likeness (QED) is 0.846. The Bertz CT molecular complexity index is 630. The zero-order chi connectivity index (χ0) is 19.3. The van der Waals surface area contributed by atoms with Crippen LogP contribution in [0.1, 0.15) is 32.3 Å². The molecule has 0 aliphatic carbocycles. The van der Waals surface area contributed by atoms with E-state index in [1.807, 2.05) is 0 Å². The van der Waals surface area contributed by atoms with Gasteiger partial charge in [-0.1, -0.05) is 26.0 Å². The summed E-state index contributed by atoms with van der Waals surface area (Å²) in [6.45, 7) is 3.84. The molecule has 1 aromatic rings. The Balaban J connectivity index is 1.84. The van der Waals surface area contributed by atoms with E-state index in [4.69, 9.17) is 0 Å². The normalized spacial score (nSPS) is 17.9. The third kappa shape index (κ3) is 5.64. The highest BCUT2D eigenvalue weighted by molar-refractivity contribution is 5.92. The lowest BCUT2D eigenvalue weighted by atomic mass is 9.98. The molecule has 1 unspecified atom stereocenters. The fourth-order valence-electron chi connectivity index (χ4n) is 2.71. The van der Waals surface area contributed by atoms with Crippen LogP contribution >= 0.6 is 0 Å². The molecule has 0 bridgehead atoms. The molecule has 0 spiro atoms. The minimum atomic E-state index is -4.27. The average Bonchev–Trinajstić information content (AvgIpc) is 2.60. The van der Waals surface area contributed by atoms with Crippen LogP contribution in [-0.2, 0) is 11.3 Å². The van der Waals surface area contributed by atoms with Gasteiger partial charge in [-0.2, -0.15) is 13.2 Å². The molecule has 144 valence electrons. The fourth-order valence-corrected chi connectivity index (χ4v) is 2.71. The first-order valence-corrected chi connectivity index (χ1v) is 8.66. The zero-order valence-corrected chi connectivity index (χ0v) is 14.9. The number of benzene rings is 1. The average molecular weight is 371 g/mol. The summed E-state index contributed by atoms with van der Waals surface area (Å²) >= 11 is 0. The number of likely N-dealkylation sites (tertiary alicyclic amines) is 1. The minimum Gasteiger partial charge on any atom is -0.334 e. The number of amides is 3. The summed E-state index contributed by atoms with van der Waals surface area (Å²) < 4.78 is 38.5. The van der Waals surface area contributed by atoms with Crippen molar-refractivity contribution in [3.05, 3.63) is 29.8 Å². The summed E-state index contributed by atoms with van der Waals surface area (Å²) in [5.41, 5.74) is 1.45. The summed E-state index contributed by atoms with van der Waals surface area (Å²) in [5.74, 6) is -1.67. The van der Waals surface area contributed by atoms with Crippen molar-refractivity contribution in [3.63, 3.8) is 0 Å². The highest BCUT2D eigenvalue weighted by Gasteiger charge is 2.42. The van der Waals surface area contributed by atoms with Crippen molar-refractivity contribution in [1.82, 2.24) is 10.2 Å². The Morgan fingerprint density at radius 2 is 1.88 bits per heavy atom. The molecule has 26 heavy (non-hydrogen) atoms. The van der Waals surface area contributed by atoms with Crippen LogP contribution in [0.5, 0.6) is 0 Å². The van der Waals surface area contributed by atoms with E-state index < -0.39 is 18.1 Å². The van der Waals surface area contributed by atoms with Gasteiger partial charge in [-0.3, -0.25) is 4.79 Å². The molecule has 0 saturated carbocycles. The van der Waals surface area contributed by atoms with Crippen molar-refractivity contribution >= 4 is 17.6 Å². The molecule has 3 amide bonds. The van der Waals surface area contributed by atoms with Crippen LogP contribution in [0.3, 0.4) is 0 Å². The molecular weight excluding hydrogens is 347 g/mol. The number of carbonyl (C=O) groups is 2. The molecule has 1 aliphatic rings. The number of alkyl halides is 3. The van der Waals surface area contributed by atoms with Gasteiger partial charge >= 0.3 is 12.2 Å². The lowest BCUT2D eigenvalue weighted by molar-refractivity contribution is -0.184. The Morgan fingerprint density at radius 1 is 1.23 bits per heavy atom. The highest BCUT2D eigenvalue weighted by Crippen LogP contribution is 2.33. The number of anilines is 1. The molecule has 2 rings (SSSR count). The number of carbonyl (C=O) groups excluding carboxylic acids is 2. The van der Waals surface area contributed by atoms with Crippen LogP contribution in [0.15, 0.2) is 24.3 Å². The number of hydrogen-bond acceptors (Lipinski definition) is 2. The number of urea groups is 1. The molecule has 1 saturated heterocycles. The lowest BCUT2D eigenvalue weighted by Crippen LogP contribution is -2.48. The van der Waals surface area contributed by atoms with E-state index in [1.165, 1.54) is 4.90 Å². The SMILES string of the molecule is CC(C)C(=O)Nc1ccc(CNC(=O)N2CCCC(C(F)(F)F)C2)cc1. The summed E-state index contributed by atoms with van der Waals surface area (Å²) in [6, 6.07) is 6.47. The number of piperidine rings is 1. The van der Waals surface area contributed by atoms with Crippen LogP contribution in [0, 0.1) is 11.8 Å². The van der Waals surface area contributed by atoms with E-state index in [9.17, 15) is 22.8 Å². The molecule has 0 aromatic heterocycles. The van der Waals surface area contributed by atoms with Gasteiger partial charge in [-0.15, -0.1) is 0 Å². The van der Waals surface area contributed by atoms with Gasteiger partial charge in [-0.25, -0.2) is 4.79 Å². The monoisotopic (exact) mass is 371 g/mol. The van der Waals surface area contributed by atoms with Gasteiger partial charge in [0.05, 0.1) is 5.92 Å². The van der Waals surface area contributed by atoms with Crippen LogP contribution in [0.25, 0.3) is 0 Å². The number of rotatable bonds is 4. The maximum Gasteiger partial charge on any atom is 0.393 e. The largest absolute Gasteiger partial charge is 0.393 e. The van der Waals surface area contributed by atoms with E-state index >= 15 is 0 Å². The summed E-state index contributed by atoms with van der Waals surface area (Å²) in [5, 5.41) is 5.41. The van der Waals surface area contributed by atoms with Crippen LogP contribution in [0.4, 0.5) is 23.7 Å². The van der Waals surface area contributed by atoms with E-state index in [1.54, 1.807) is 38.1 Å². The van der Waals surface area contributed by atoms with E-state index in [0.717, 1.165) is 5.56 Å². The van der Waals surface area contributed by atoms with Crippen molar-refractivity contribution in [2.45, 2.75) is 39.4 Å². The number of hydrogen-bond donors (Lipinski definition) is 2. The van der Waals surface area contributed by atoms with E-state index in [0.29, 0.717) is 18.7 Å². The first kappa shape index (κ1) is 20.1. The molecule has 1 aliphatic heterocycles. The molecule has 1 fully saturated rings. The van der Waals surface area contributed by atoms with Crippen molar-refractivity contribution in [2.75, 3.05) is 18.4 Å². The second-order valence-electron chi connectivity index (χ2n) is 6.83. The number of nitrogens with zero attached hydrogens (tertiary/aromatic N) is 1. The second-order valence-corrected chi connectivity index (χ2v) is 6.83. The predicted octanol–water partition coefficient (Wildman–Crippen LogP) is 3.77. The number of nitrogens with one attached hydrogen (secondary N) is 2. The van der Waals surface area contributed by atoms with Gasteiger partial charge in [0.1, 0.15) is 0 Å². The number of halogens is 3. The maximum absolute atomic E-state index is 12.8. The standard InChI is InChI=1S/C18H24F3N3O2/c1-12(2)16(25)23-15-7-5-13(6-8-15)10-22-17(26)24-9-3-4-14(11-24)18(19,20)21/h5-8,12,14H,3-4,9-11H2,1-2H3,(H,22,26)(H,23,25). The first-order valence-electron chi connectivity index (χ1n) is 8.66. The summed E-state index contributed by atoms with van der Waals surface area (Å²) in [7, 11) is 0. The lowest BCUT2D eigenvalue weighted by Gasteiger charge is -2.33. The molecule has 2 N–H and O–H groups in total. The Hall–Kier alpha value is -2.25. The highest BCUT2D eigenvalue weighted by atomic mass is 19.4. The molecule has 0 radical (unpaired) electrons. The maximum atomic E-state index is 12.8. The van der Waals surface area contributed by atoms with Crippen molar-refractivity contribution in [1.29, 1.82) is 0 Å². The summed E-state index contributed by atoms with van der Waals surface area (Å²) in [4.78, 5) is 25.0. The van der Waals surface area contributed by atoms with Gasteiger partial charge in [0, 0.05) is 31.2 Å². The van der Waals surface area contributed by atoms with Crippen LogP contribution in [0.2, 0.25) is 0 Å². The minimum absolute atomic E-state index is 0.0663. The molecule has 1 heterocycles. The van der Waals surface area contributed by atoms with Gasteiger partial charge in [0.15, 0.2) is 0 Å². The first-order chi connectivity index (χ1) is 12.2. The third-order valence-corrected chi connectivity index (χ3v) is 4.36.